The van der Waals surface area contributed by atoms with Crippen molar-refractivity contribution in [1.82, 2.24) is 9.80 Å². The summed E-state index contributed by atoms with van der Waals surface area (Å²) in [4.78, 5) is 38.7. The predicted octanol–water partition coefficient (Wildman–Crippen LogP) is 15.1. The van der Waals surface area contributed by atoms with Crippen LogP contribution in [0.3, 0.4) is 0 Å². The highest BCUT2D eigenvalue weighted by atomic mass is 16.6. The summed E-state index contributed by atoms with van der Waals surface area (Å²) in [5, 5.41) is 14.2. The molecule has 0 radical (unpaired) electrons. The Bertz CT molecular complexity index is 2940. The normalized spacial score (nSPS) is 45.9. The molecule has 7 saturated carbocycles. The van der Waals surface area contributed by atoms with Crippen molar-refractivity contribution in [3.63, 3.8) is 0 Å². The summed E-state index contributed by atoms with van der Waals surface area (Å²) in [6.45, 7) is 3.96. The first-order valence-corrected chi connectivity index (χ1v) is 35.0. The topological polar surface area (TPSA) is 105 Å². The first kappa shape index (κ1) is 50.9. The Labute approximate surface area is 484 Å². The number of nitrogens with two attached hydrogens (primary N) is 1. The number of hydrogen-bond donors (Lipinski definition) is 2. The van der Waals surface area contributed by atoms with Gasteiger partial charge in [0.05, 0.1) is 11.0 Å². The Morgan fingerprint density at radius 3 is 2.27 bits per heavy atom. The van der Waals surface area contributed by atoms with Crippen LogP contribution in [-0.2, 0) is 26.3 Å². The Morgan fingerprint density at radius 1 is 0.691 bits per heavy atom. The van der Waals surface area contributed by atoms with E-state index < -0.39 is 16.4 Å². The number of benzene rings is 1. The van der Waals surface area contributed by atoms with Gasteiger partial charge in [0.15, 0.2) is 11.4 Å². The van der Waals surface area contributed by atoms with Gasteiger partial charge in [-0.3, -0.25) is 9.69 Å². The molecule has 6 spiro atoms. The Kier molecular flexibility index (Phi) is 11.4. The van der Waals surface area contributed by atoms with Gasteiger partial charge < -0.3 is 25.2 Å². The van der Waals surface area contributed by atoms with Crippen molar-refractivity contribution >= 4 is 11.9 Å². The number of fused-ring (bicyclic) bond motifs is 5. The van der Waals surface area contributed by atoms with E-state index in [0.29, 0.717) is 101 Å². The number of nitrogens with zero attached hydrogens (tertiary/aromatic N) is 2. The molecule has 16 unspecified atom stereocenters. The third-order valence-electron chi connectivity index (χ3n) is 29.8. The van der Waals surface area contributed by atoms with Gasteiger partial charge in [-0.15, -0.1) is 0 Å². The molecule has 11 aliphatic carbocycles. The first-order chi connectivity index (χ1) is 39.7. The number of hydrogen-bond acceptors (Lipinski definition) is 8. The fourth-order valence-electron chi connectivity index (χ4n) is 27.6. The average molecular weight is 1100 g/mol. The van der Waals surface area contributed by atoms with Crippen molar-refractivity contribution in [3.05, 3.63) is 81.0 Å². The van der Waals surface area contributed by atoms with Crippen LogP contribution in [0.25, 0.3) is 0 Å². The summed E-state index contributed by atoms with van der Waals surface area (Å²) >= 11 is 0. The maximum Gasteiger partial charge on any atom is 0.339 e. The number of aryl methyl sites for hydroxylation is 1. The molecule has 1 aromatic carbocycles. The molecule has 9 heterocycles. The molecule has 16 atom stereocenters. The smallest absolute Gasteiger partial charge is 0.339 e. The molecule has 3 saturated heterocycles. The van der Waals surface area contributed by atoms with E-state index in [2.05, 4.69) is 40.2 Å². The van der Waals surface area contributed by atoms with E-state index in [1.807, 2.05) is 0 Å². The zero-order valence-electron chi connectivity index (χ0n) is 49.3. The number of rotatable bonds is 6. The van der Waals surface area contributed by atoms with Crippen molar-refractivity contribution in [2.75, 3.05) is 26.2 Å². The molecule has 12 bridgehead atoms. The molecule has 8 heteroatoms. The van der Waals surface area contributed by atoms with Gasteiger partial charge in [-0.25, -0.2) is 4.79 Å². The molecule has 10 fully saturated rings. The minimum atomic E-state index is -1.14. The highest BCUT2D eigenvalue weighted by Gasteiger charge is 2.94. The van der Waals surface area contributed by atoms with Gasteiger partial charge >= 0.3 is 11.9 Å². The van der Waals surface area contributed by atoms with Crippen molar-refractivity contribution in [2.24, 2.45) is 97.9 Å². The quantitative estimate of drug-likeness (QED) is 0.214. The Morgan fingerprint density at radius 2 is 1.47 bits per heavy atom. The molecule has 9 aliphatic heterocycles. The number of piperidine rings is 2. The molecule has 3 N–H and O–H groups in total. The molecule has 81 heavy (non-hydrogen) atoms. The van der Waals surface area contributed by atoms with Crippen LogP contribution in [0.2, 0.25) is 0 Å². The highest BCUT2D eigenvalue weighted by Crippen LogP contribution is 2.89. The van der Waals surface area contributed by atoms with E-state index in [4.69, 9.17) is 15.2 Å². The highest BCUT2D eigenvalue weighted by molar-refractivity contribution is 6.00. The van der Waals surface area contributed by atoms with Gasteiger partial charge in [0.25, 0.3) is 0 Å². The number of aliphatic hydroxyl groups is 1. The van der Waals surface area contributed by atoms with Gasteiger partial charge in [0.2, 0.25) is 0 Å². The number of ether oxygens (including phenoxy) is 2. The Balaban J connectivity index is 0.887. The number of allylic oxidation sites excluding steroid dienone is 4. The van der Waals surface area contributed by atoms with E-state index in [1.54, 1.807) is 16.8 Å². The maximum absolute atomic E-state index is 17.0. The van der Waals surface area contributed by atoms with Crippen LogP contribution >= 0.6 is 0 Å². The third-order valence-corrected chi connectivity index (χ3v) is 29.8. The summed E-state index contributed by atoms with van der Waals surface area (Å²) in [6.07, 6.45) is 47.2. The lowest BCUT2D eigenvalue weighted by Crippen LogP contribution is -2.78. The SMILES string of the molecule is NCCCc1cccc2c1C(=O)OC21C2CC(C3CCCCC3)C=CC3CC4C5C6=C3C23C(=O)OC(=C(O)CC(C2CC7(CCCC7)C7(CCCC78CCCC8)C2)N2CC7CC(C2)C2CCC(=C5N2C7)CC4C2CCCCC2)C31CC6. The van der Waals surface area contributed by atoms with E-state index >= 15 is 9.59 Å². The van der Waals surface area contributed by atoms with Gasteiger partial charge in [0, 0.05) is 61.2 Å². The van der Waals surface area contributed by atoms with E-state index in [1.165, 1.54) is 185 Å². The fourth-order valence-corrected chi connectivity index (χ4v) is 27.6. The summed E-state index contributed by atoms with van der Waals surface area (Å²) in [7, 11) is 0. The molecule has 8 nitrogen and oxygen atoms in total. The molecule has 0 amide bonds. The minimum absolute atomic E-state index is 0.114. The van der Waals surface area contributed by atoms with Gasteiger partial charge in [-0.2, -0.15) is 0 Å². The van der Waals surface area contributed by atoms with Crippen molar-refractivity contribution in [1.29, 1.82) is 0 Å². The lowest BCUT2D eigenvalue weighted by molar-refractivity contribution is -0.282. The van der Waals surface area contributed by atoms with Gasteiger partial charge in [0.1, 0.15) is 11.2 Å². The number of carbonyl (C=O) groups is 2. The predicted molar refractivity (Wildman–Crippen MR) is 314 cm³/mol. The lowest BCUT2D eigenvalue weighted by atomic mass is 9.27. The third kappa shape index (κ3) is 6.33. The van der Waals surface area contributed by atoms with E-state index in [-0.39, 0.29) is 35.7 Å². The summed E-state index contributed by atoms with van der Waals surface area (Å²) in [6, 6.07) is 7.29. The fraction of sp³-hybridized carbons (Fsp3) is 0.781. The lowest BCUT2D eigenvalue weighted by Gasteiger charge is -2.73. The van der Waals surface area contributed by atoms with Crippen LogP contribution in [0.15, 0.2) is 64.3 Å². The molecular weight excluding hydrogens is 999 g/mol. The van der Waals surface area contributed by atoms with E-state index in [0.717, 1.165) is 61.4 Å². The number of carbonyl (C=O) groups excluding carboxylic acids is 2. The number of aliphatic hydroxyl groups excluding tert-OH is 1. The second kappa shape index (κ2) is 18.1. The molecule has 0 aromatic heterocycles. The van der Waals surface area contributed by atoms with Crippen LogP contribution in [0, 0.1) is 92.2 Å². The van der Waals surface area contributed by atoms with Crippen molar-refractivity contribution in [3.8, 4) is 0 Å². The second-order valence-corrected chi connectivity index (χ2v) is 32.1. The summed E-state index contributed by atoms with van der Waals surface area (Å²) in [5.41, 5.74) is 13.6. The van der Waals surface area contributed by atoms with Crippen LogP contribution in [-0.4, -0.2) is 65.1 Å². The van der Waals surface area contributed by atoms with Crippen molar-refractivity contribution < 1.29 is 24.2 Å². The van der Waals surface area contributed by atoms with Crippen LogP contribution in [0.4, 0.5) is 0 Å². The van der Waals surface area contributed by atoms with Crippen molar-refractivity contribution in [2.45, 2.75) is 236 Å². The second-order valence-electron chi connectivity index (χ2n) is 32.1. The van der Waals surface area contributed by atoms with Gasteiger partial charge in [-0.05, 0) is 216 Å². The van der Waals surface area contributed by atoms with E-state index in [9.17, 15) is 5.11 Å². The average Bonchev–Trinajstić information content (AvgIpc) is 1.59. The van der Waals surface area contributed by atoms with Crippen LogP contribution in [0.1, 0.15) is 233 Å². The molecule has 1 aromatic rings. The number of esters is 2. The summed E-state index contributed by atoms with van der Waals surface area (Å²) < 4.78 is 15.0. The van der Waals surface area contributed by atoms with Crippen LogP contribution < -0.4 is 5.73 Å². The summed E-state index contributed by atoms with van der Waals surface area (Å²) in [5.74, 6) is 5.16. The molecule has 434 valence electrons. The molecular formula is C73H97N3O5. The zero-order valence-corrected chi connectivity index (χ0v) is 49.3. The zero-order chi connectivity index (χ0) is 53.8. The maximum atomic E-state index is 17.0. The standard InChI is InChI=1S/C73H97N3O5/c74-33-12-19-47-18-11-20-56-61(47)66(78)81-73(56)60-37-48(45-14-3-1-4-15-45)21-22-49-35-55-54(46-16-5-2-6-17-46)36-50-23-24-57-51-34-44-41-75(43-51)58(52-39-69(28-9-10-29-69)70(40-52)31-13-30-68(70)26-7-8-27-68)38-59(77)65-71(73)32-25-53(62(55)64(50)76(57)42-44)63(49)72(60,71)67(79)80-65/h11,18,20-22,44-46,48-49,51-52,54-55,57-58,60,62,77H,1-10,12-17,19,23-43,74H2. The molecule has 21 rings (SSSR count). The minimum Gasteiger partial charge on any atom is -0.509 e. The van der Waals surface area contributed by atoms with Gasteiger partial charge in [-0.1, -0.05) is 125 Å². The monoisotopic (exact) mass is 1100 g/mol. The molecule has 20 aliphatic rings. The largest absolute Gasteiger partial charge is 0.509 e. The van der Waals surface area contributed by atoms with Crippen LogP contribution in [0.5, 0.6) is 0 Å². The first-order valence-electron chi connectivity index (χ1n) is 35.0. The Hall–Kier alpha value is -3.36.